The second-order valence-electron chi connectivity index (χ2n) is 5.09. The Labute approximate surface area is 129 Å². The van der Waals surface area contributed by atoms with E-state index in [2.05, 4.69) is 12.1 Å². The quantitative estimate of drug-likeness (QED) is 0.394. The van der Waals surface area contributed by atoms with Crippen LogP contribution in [0.4, 0.5) is 0 Å². The minimum Gasteiger partial charge on any atom is -0.423 e. The Morgan fingerprint density at radius 3 is 2.50 bits per heavy atom. The number of carbonyl (C=O) groups is 1. The molecule has 0 bridgehead atoms. The molecule has 0 atom stereocenters. The molecule has 22 heavy (non-hydrogen) atoms. The van der Waals surface area contributed by atoms with Gasteiger partial charge in [-0.2, -0.15) is 0 Å². The molecule has 2 nitrogen and oxygen atoms in total. The lowest BCUT2D eigenvalue weighted by atomic mass is 10.0. The van der Waals surface area contributed by atoms with E-state index in [-0.39, 0.29) is 5.97 Å². The minimum absolute atomic E-state index is 0.373. The summed E-state index contributed by atoms with van der Waals surface area (Å²) in [5.41, 5.74) is 1.94. The molecule has 0 aliphatic carbocycles. The van der Waals surface area contributed by atoms with Crippen LogP contribution in [-0.2, 0) is 4.79 Å². The van der Waals surface area contributed by atoms with Crippen LogP contribution < -0.4 is 4.74 Å². The number of hydrogen-bond acceptors (Lipinski definition) is 2. The summed E-state index contributed by atoms with van der Waals surface area (Å²) >= 11 is 0. The van der Waals surface area contributed by atoms with E-state index in [4.69, 9.17) is 4.74 Å². The molecular weight excluding hydrogens is 272 g/mol. The largest absolute Gasteiger partial charge is 0.423 e. The van der Waals surface area contributed by atoms with Crippen molar-refractivity contribution >= 4 is 22.8 Å². The summed E-state index contributed by atoms with van der Waals surface area (Å²) in [5.74, 6) is 0.220. The van der Waals surface area contributed by atoms with Gasteiger partial charge in [0.2, 0.25) is 0 Å². The van der Waals surface area contributed by atoms with Crippen LogP contribution in [0, 0.1) is 6.92 Å². The Balaban J connectivity index is 1.81. The average Bonchev–Trinajstić information content (AvgIpc) is 2.55. The van der Waals surface area contributed by atoms with Crippen LogP contribution in [0.25, 0.3) is 16.8 Å². The lowest BCUT2D eigenvalue weighted by molar-refractivity contribution is -0.128. The van der Waals surface area contributed by atoms with Crippen molar-refractivity contribution < 1.29 is 9.53 Å². The van der Waals surface area contributed by atoms with Gasteiger partial charge >= 0.3 is 5.97 Å². The van der Waals surface area contributed by atoms with Gasteiger partial charge in [0.15, 0.2) is 0 Å². The summed E-state index contributed by atoms with van der Waals surface area (Å²) in [6.07, 6.45) is 3.26. The first-order chi connectivity index (χ1) is 10.7. The van der Waals surface area contributed by atoms with Gasteiger partial charge in [-0.15, -0.1) is 0 Å². The van der Waals surface area contributed by atoms with Crippen LogP contribution in [0.5, 0.6) is 5.75 Å². The van der Waals surface area contributed by atoms with E-state index in [1.165, 1.54) is 6.08 Å². The van der Waals surface area contributed by atoms with Gasteiger partial charge in [0, 0.05) is 6.08 Å². The highest BCUT2D eigenvalue weighted by Crippen LogP contribution is 2.20. The van der Waals surface area contributed by atoms with Crippen molar-refractivity contribution in [1.29, 1.82) is 0 Å². The number of aryl methyl sites for hydroxylation is 1. The molecule has 3 rings (SSSR count). The zero-order valence-corrected chi connectivity index (χ0v) is 12.3. The topological polar surface area (TPSA) is 26.3 Å². The Hall–Kier alpha value is -2.87. The van der Waals surface area contributed by atoms with Gasteiger partial charge in [-0.1, -0.05) is 60.7 Å². The maximum atomic E-state index is 12.0. The van der Waals surface area contributed by atoms with Crippen LogP contribution in [0.2, 0.25) is 0 Å². The highest BCUT2D eigenvalue weighted by Gasteiger charge is 2.03. The third kappa shape index (κ3) is 3.07. The van der Waals surface area contributed by atoms with Crippen LogP contribution in [0.1, 0.15) is 11.1 Å². The first-order valence-electron chi connectivity index (χ1n) is 7.17. The first-order valence-corrected chi connectivity index (χ1v) is 7.17. The molecule has 0 aliphatic heterocycles. The van der Waals surface area contributed by atoms with E-state index >= 15 is 0 Å². The summed E-state index contributed by atoms with van der Waals surface area (Å²) < 4.78 is 5.35. The minimum atomic E-state index is -0.373. The first kappa shape index (κ1) is 14.1. The molecule has 108 valence electrons. The molecule has 0 amide bonds. The number of fused-ring (bicyclic) bond motifs is 1. The molecule has 3 aromatic carbocycles. The predicted molar refractivity (Wildman–Crippen MR) is 89.8 cm³/mol. The van der Waals surface area contributed by atoms with E-state index in [1.807, 2.05) is 55.5 Å². The average molecular weight is 288 g/mol. The van der Waals surface area contributed by atoms with Crippen molar-refractivity contribution in [3.05, 3.63) is 83.9 Å². The molecule has 0 unspecified atom stereocenters. The molecule has 2 heteroatoms. The van der Waals surface area contributed by atoms with Crippen molar-refractivity contribution in [3.8, 4) is 5.75 Å². The van der Waals surface area contributed by atoms with Gasteiger partial charge in [-0.05, 0) is 41.0 Å². The van der Waals surface area contributed by atoms with E-state index in [1.54, 1.807) is 12.1 Å². The van der Waals surface area contributed by atoms with E-state index < -0.39 is 0 Å². The second-order valence-corrected chi connectivity index (χ2v) is 5.09. The van der Waals surface area contributed by atoms with Crippen LogP contribution >= 0.6 is 0 Å². The van der Waals surface area contributed by atoms with Crippen LogP contribution in [0.3, 0.4) is 0 Å². The maximum absolute atomic E-state index is 12.0. The molecule has 0 aromatic heterocycles. The van der Waals surface area contributed by atoms with E-state index in [9.17, 15) is 4.79 Å². The van der Waals surface area contributed by atoms with Gasteiger partial charge in [-0.3, -0.25) is 0 Å². The van der Waals surface area contributed by atoms with Gasteiger partial charge in [-0.25, -0.2) is 4.79 Å². The predicted octanol–water partition coefficient (Wildman–Crippen LogP) is 4.77. The molecule has 0 spiro atoms. The smallest absolute Gasteiger partial charge is 0.336 e. The summed E-state index contributed by atoms with van der Waals surface area (Å²) in [6.45, 7) is 1.91. The standard InChI is InChI=1S/C20H16O2/c1-15-7-2-5-12-19(15)22-20(21)14-13-17-10-6-9-16-8-3-4-11-18(16)17/h2-14H,1H3. The summed E-state index contributed by atoms with van der Waals surface area (Å²) in [5, 5.41) is 2.27. The van der Waals surface area contributed by atoms with Crippen LogP contribution in [0.15, 0.2) is 72.8 Å². The van der Waals surface area contributed by atoms with Gasteiger partial charge in [0.1, 0.15) is 5.75 Å². The molecule has 0 aliphatic rings. The van der Waals surface area contributed by atoms with Gasteiger partial charge < -0.3 is 4.74 Å². The monoisotopic (exact) mass is 288 g/mol. The van der Waals surface area contributed by atoms with Crippen LogP contribution in [-0.4, -0.2) is 5.97 Å². The molecular formula is C20H16O2. The Bertz CT molecular complexity index is 842. The fourth-order valence-corrected chi connectivity index (χ4v) is 2.37. The molecule has 3 aromatic rings. The summed E-state index contributed by atoms with van der Waals surface area (Å²) in [4.78, 5) is 12.0. The highest BCUT2D eigenvalue weighted by atomic mass is 16.5. The third-order valence-electron chi connectivity index (χ3n) is 3.53. The summed E-state index contributed by atoms with van der Waals surface area (Å²) in [6, 6.07) is 21.6. The number of para-hydroxylation sites is 1. The lowest BCUT2D eigenvalue weighted by Crippen LogP contribution is -2.04. The SMILES string of the molecule is Cc1ccccc1OC(=O)C=Cc1cccc2ccccc12. The fourth-order valence-electron chi connectivity index (χ4n) is 2.37. The highest BCUT2D eigenvalue weighted by molar-refractivity contribution is 5.95. The van der Waals surface area contributed by atoms with Crippen molar-refractivity contribution in [3.63, 3.8) is 0 Å². The number of carbonyl (C=O) groups excluding carboxylic acids is 1. The Morgan fingerprint density at radius 1 is 0.909 bits per heavy atom. The van der Waals surface area contributed by atoms with Crippen molar-refractivity contribution in [2.45, 2.75) is 6.92 Å². The normalized spacial score (nSPS) is 11.0. The molecule has 0 heterocycles. The third-order valence-corrected chi connectivity index (χ3v) is 3.53. The summed E-state index contributed by atoms with van der Waals surface area (Å²) in [7, 11) is 0. The molecule has 0 saturated carbocycles. The molecule has 0 fully saturated rings. The van der Waals surface area contributed by atoms with E-state index in [0.717, 1.165) is 21.9 Å². The van der Waals surface area contributed by atoms with E-state index in [0.29, 0.717) is 5.75 Å². The second kappa shape index (κ2) is 6.27. The van der Waals surface area contributed by atoms with Crippen molar-refractivity contribution in [1.82, 2.24) is 0 Å². The zero-order valence-electron chi connectivity index (χ0n) is 12.3. The maximum Gasteiger partial charge on any atom is 0.336 e. The number of rotatable bonds is 3. The number of hydrogen-bond donors (Lipinski definition) is 0. The number of esters is 1. The van der Waals surface area contributed by atoms with Crippen molar-refractivity contribution in [2.24, 2.45) is 0 Å². The fraction of sp³-hybridized carbons (Fsp3) is 0.0500. The molecule has 0 saturated heterocycles. The Kier molecular flexibility index (Phi) is 4.01. The lowest BCUT2D eigenvalue weighted by Gasteiger charge is -2.04. The zero-order chi connectivity index (χ0) is 15.4. The number of ether oxygens (including phenoxy) is 1. The van der Waals surface area contributed by atoms with Crippen molar-refractivity contribution in [2.75, 3.05) is 0 Å². The van der Waals surface area contributed by atoms with Gasteiger partial charge in [0.25, 0.3) is 0 Å². The molecule has 0 N–H and O–H groups in total. The molecule has 0 radical (unpaired) electrons. The Morgan fingerprint density at radius 2 is 1.64 bits per heavy atom. The van der Waals surface area contributed by atoms with Gasteiger partial charge in [0.05, 0.1) is 0 Å². The number of benzene rings is 3.